The van der Waals surface area contributed by atoms with Crippen molar-refractivity contribution in [2.75, 3.05) is 4.90 Å². The van der Waals surface area contributed by atoms with Crippen molar-refractivity contribution in [3.05, 3.63) is 88.4 Å². The van der Waals surface area contributed by atoms with Crippen molar-refractivity contribution in [1.29, 1.82) is 0 Å². The number of rotatable bonds is 4. The van der Waals surface area contributed by atoms with Gasteiger partial charge in [-0.25, -0.2) is 0 Å². The van der Waals surface area contributed by atoms with Crippen LogP contribution in [0.5, 0.6) is 0 Å². The molecule has 196 valence electrons. The predicted molar refractivity (Wildman–Crippen MR) is 159 cm³/mol. The van der Waals surface area contributed by atoms with E-state index in [4.69, 9.17) is 11.6 Å². The molecule has 9 aliphatic carbocycles. The van der Waals surface area contributed by atoms with Crippen LogP contribution >= 0.6 is 11.6 Å². The molecule has 5 atom stereocenters. The topological polar surface area (TPSA) is 3.24 Å². The van der Waals surface area contributed by atoms with Gasteiger partial charge in [-0.15, -0.1) is 0 Å². The van der Waals surface area contributed by atoms with Crippen molar-refractivity contribution < 1.29 is 0 Å². The third kappa shape index (κ3) is 2.48. The molecule has 0 aliphatic heterocycles. The van der Waals surface area contributed by atoms with Gasteiger partial charge in [0.25, 0.3) is 0 Å². The van der Waals surface area contributed by atoms with Crippen LogP contribution in [0.2, 0.25) is 5.02 Å². The molecule has 9 fully saturated rings. The fourth-order valence-electron chi connectivity index (χ4n) is 10.8. The zero-order valence-corrected chi connectivity index (χ0v) is 24.5. The van der Waals surface area contributed by atoms with E-state index in [1.165, 1.54) is 65.9 Å². The summed E-state index contributed by atoms with van der Waals surface area (Å²) in [5, 5.41) is 0.873. The molecule has 0 saturated heterocycles. The van der Waals surface area contributed by atoms with Crippen molar-refractivity contribution in [3.63, 3.8) is 0 Å². The molecule has 3 aromatic carbocycles. The quantitative estimate of drug-likeness (QED) is 0.330. The normalized spacial score (nSPS) is 35.4. The molecule has 12 rings (SSSR count). The first-order valence-electron chi connectivity index (χ1n) is 14.7. The van der Waals surface area contributed by atoms with Crippen LogP contribution in [-0.4, -0.2) is 0 Å². The molecule has 3 aromatic rings. The molecule has 0 aromatic heterocycles. The average Bonchev–Trinajstić information content (AvgIpc) is 3.59. The van der Waals surface area contributed by atoms with Gasteiger partial charge in [0.1, 0.15) is 0 Å². The molecule has 38 heavy (non-hydrogen) atoms. The van der Waals surface area contributed by atoms with Crippen molar-refractivity contribution >= 4 is 28.7 Å². The number of anilines is 3. The lowest BCUT2D eigenvalue weighted by Gasteiger charge is -2.80. The highest BCUT2D eigenvalue weighted by atomic mass is 35.5. The summed E-state index contributed by atoms with van der Waals surface area (Å²) in [6.07, 6.45) is 7.37. The largest absolute Gasteiger partial charge is 0.310 e. The van der Waals surface area contributed by atoms with Crippen LogP contribution in [0.25, 0.3) is 0 Å². The highest BCUT2D eigenvalue weighted by Crippen LogP contribution is 3.09. The first-order chi connectivity index (χ1) is 17.8. The Hall–Kier alpha value is -2.25. The molecule has 5 bridgehead atoms. The van der Waals surface area contributed by atoms with Gasteiger partial charge in [-0.2, -0.15) is 0 Å². The number of nitrogens with zero attached hydrogens (tertiary/aromatic N) is 1. The second kappa shape index (κ2) is 6.72. The molecular formula is C36H40ClN. The molecule has 0 N–H and O–H groups in total. The molecule has 0 radical (unpaired) electrons. The fraction of sp³-hybridized carbons (Fsp3) is 0.500. The van der Waals surface area contributed by atoms with E-state index >= 15 is 0 Å². The summed E-state index contributed by atoms with van der Waals surface area (Å²) in [7, 11) is 0. The Morgan fingerprint density at radius 1 is 0.684 bits per heavy atom. The van der Waals surface area contributed by atoms with Crippen LogP contribution < -0.4 is 4.90 Å². The summed E-state index contributed by atoms with van der Waals surface area (Å²) >= 11 is 6.98. The summed E-state index contributed by atoms with van der Waals surface area (Å²) in [5.41, 5.74) is 10.5. The van der Waals surface area contributed by atoms with E-state index in [1.807, 2.05) is 0 Å². The lowest BCUT2D eigenvalue weighted by atomic mass is 9.23. The van der Waals surface area contributed by atoms with Crippen LogP contribution in [0.4, 0.5) is 17.1 Å². The van der Waals surface area contributed by atoms with Gasteiger partial charge in [0.2, 0.25) is 0 Å². The maximum Gasteiger partial charge on any atom is 0.0479 e. The van der Waals surface area contributed by atoms with Gasteiger partial charge in [-0.1, -0.05) is 77.4 Å². The van der Waals surface area contributed by atoms with Crippen LogP contribution in [-0.2, 0) is 16.2 Å². The van der Waals surface area contributed by atoms with E-state index in [0.29, 0.717) is 16.2 Å². The number of hydrogen-bond acceptors (Lipinski definition) is 1. The van der Waals surface area contributed by atoms with E-state index in [2.05, 4.69) is 113 Å². The fourth-order valence-corrected chi connectivity index (χ4v) is 11.1. The Kier molecular flexibility index (Phi) is 4.18. The predicted octanol–water partition coefficient (Wildman–Crippen LogP) is 10.2. The Morgan fingerprint density at radius 3 is 1.74 bits per heavy atom. The molecule has 5 unspecified atom stereocenters. The van der Waals surface area contributed by atoms with Gasteiger partial charge in [0.15, 0.2) is 0 Å². The SMILES string of the molecule is CC(C)(C)c1ccc(N(c2ccc(C(C)(C)C)cc2)c2cc(Cl)cc(C34CC56CC7CC5(C3)C74C6)c2)cc1. The van der Waals surface area contributed by atoms with E-state index < -0.39 is 0 Å². The van der Waals surface area contributed by atoms with Gasteiger partial charge in [-0.3, -0.25) is 0 Å². The summed E-state index contributed by atoms with van der Waals surface area (Å²) in [4.78, 5) is 2.42. The van der Waals surface area contributed by atoms with E-state index in [9.17, 15) is 0 Å². The minimum absolute atomic E-state index is 0.127. The number of benzene rings is 3. The van der Waals surface area contributed by atoms with Crippen molar-refractivity contribution in [2.45, 2.75) is 89.9 Å². The molecule has 2 heteroatoms. The number of hydrogen-bond donors (Lipinski definition) is 0. The van der Waals surface area contributed by atoms with Gasteiger partial charge in [0, 0.05) is 27.5 Å². The zero-order valence-electron chi connectivity index (χ0n) is 23.8. The Morgan fingerprint density at radius 2 is 1.26 bits per heavy atom. The highest BCUT2D eigenvalue weighted by Gasteiger charge is 3.04. The molecule has 0 heterocycles. The monoisotopic (exact) mass is 521 g/mol. The Bertz CT molecular complexity index is 1430. The Balaban J connectivity index is 1.24. The molecule has 1 nitrogen and oxygen atoms in total. The smallest absolute Gasteiger partial charge is 0.0479 e. The van der Waals surface area contributed by atoms with Gasteiger partial charge in [0.05, 0.1) is 0 Å². The minimum atomic E-state index is 0.127. The minimum Gasteiger partial charge on any atom is -0.310 e. The third-order valence-corrected chi connectivity index (χ3v) is 12.4. The van der Waals surface area contributed by atoms with Crippen LogP contribution in [0.15, 0.2) is 66.7 Å². The third-order valence-electron chi connectivity index (χ3n) is 12.2. The van der Waals surface area contributed by atoms with Crippen molar-refractivity contribution in [1.82, 2.24) is 0 Å². The average molecular weight is 522 g/mol. The summed E-state index contributed by atoms with van der Waals surface area (Å²) in [5.74, 6) is 0.985. The zero-order chi connectivity index (χ0) is 26.5. The molecule has 9 aliphatic rings. The summed E-state index contributed by atoms with van der Waals surface area (Å²) in [6, 6.07) is 25.3. The first-order valence-corrected chi connectivity index (χ1v) is 15.0. The van der Waals surface area contributed by atoms with Crippen LogP contribution in [0.3, 0.4) is 0 Å². The molecule has 9 saturated carbocycles. The lowest BCUT2D eigenvalue weighted by Crippen LogP contribution is -2.75. The lowest BCUT2D eigenvalue weighted by molar-refractivity contribution is -0.294. The molecule has 3 spiro atoms. The van der Waals surface area contributed by atoms with Crippen molar-refractivity contribution in [2.24, 2.45) is 22.2 Å². The summed E-state index contributed by atoms with van der Waals surface area (Å²) < 4.78 is 0. The van der Waals surface area contributed by atoms with Gasteiger partial charge >= 0.3 is 0 Å². The van der Waals surface area contributed by atoms with Gasteiger partial charge in [-0.05, 0) is 124 Å². The molecule has 0 amide bonds. The molecular weight excluding hydrogens is 482 g/mol. The van der Waals surface area contributed by atoms with Crippen LogP contribution in [0.1, 0.15) is 90.3 Å². The van der Waals surface area contributed by atoms with Gasteiger partial charge < -0.3 is 4.90 Å². The standard InChI is InChI=1S/C36H40ClN/c1-31(2,3)23-7-11-28(12-8-23)38(29-13-9-24(10-14-29)32(4,5)6)30-16-25(15-27(37)17-30)34-20-33-18-26-19-35(33,22-34)36(26,34)21-33/h7-17,26H,18-22H2,1-6H3. The van der Waals surface area contributed by atoms with Crippen molar-refractivity contribution in [3.8, 4) is 0 Å². The number of halogens is 1. The van der Waals surface area contributed by atoms with E-state index in [-0.39, 0.29) is 10.8 Å². The maximum absolute atomic E-state index is 6.98. The Labute approximate surface area is 233 Å². The summed E-state index contributed by atoms with van der Waals surface area (Å²) in [6.45, 7) is 13.7. The second-order valence-corrected chi connectivity index (χ2v) is 16.1. The maximum atomic E-state index is 6.98. The van der Waals surface area contributed by atoms with E-state index in [1.54, 1.807) is 0 Å². The van der Waals surface area contributed by atoms with Crippen LogP contribution in [0, 0.1) is 22.2 Å². The highest BCUT2D eigenvalue weighted by molar-refractivity contribution is 6.31. The van der Waals surface area contributed by atoms with E-state index in [0.717, 1.165) is 16.4 Å². The first kappa shape index (κ1) is 23.6. The second-order valence-electron chi connectivity index (χ2n) is 15.7.